The maximum absolute atomic E-state index is 12.5. The number of carbonyl (C=O) groups is 2. The van der Waals surface area contributed by atoms with E-state index >= 15 is 0 Å². The third-order valence-corrected chi connectivity index (χ3v) is 6.15. The molecule has 0 bridgehead atoms. The van der Waals surface area contributed by atoms with Gasteiger partial charge >= 0.3 is 12.0 Å². The van der Waals surface area contributed by atoms with E-state index in [9.17, 15) is 9.59 Å². The fraction of sp³-hybridized carbons (Fsp3) is 0.889. The lowest BCUT2D eigenvalue weighted by atomic mass is 9.66. The van der Waals surface area contributed by atoms with Crippen LogP contribution in [0, 0.1) is 5.41 Å². The summed E-state index contributed by atoms with van der Waals surface area (Å²) in [6.07, 6.45) is 5.32. The molecule has 0 aromatic rings. The average molecular weight is 353 g/mol. The monoisotopic (exact) mass is 353 g/mol. The summed E-state index contributed by atoms with van der Waals surface area (Å²) in [6.45, 7) is 7.27. The molecular formula is C18H31N3O4. The molecule has 1 saturated heterocycles. The normalized spacial score (nSPS) is 34.0. The van der Waals surface area contributed by atoms with Gasteiger partial charge in [-0.15, -0.1) is 0 Å². The summed E-state index contributed by atoms with van der Waals surface area (Å²) in [7, 11) is 0. The molecule has 0 atom stereocenters. The first kappa shape index (κ1) is 18.5. The number of likely N-dealkylation sites (N-methyl/N-ethyl adjacent to an activating group) is 1. The van der Waals surface area contributed by atoms with Crippen LogP contribution in [0.3, 0.4) is 0 Å². The molecule has 0 radical (unpaired) electrons. The second-order valence-electron chi connectivity index (χ2n) is 7.89. The zero-order valence-corrected chi connectivity index (χ0v) is 15.4. The number of ether oxygens (including phenoxy) is 1. The van der Waals surface area contributed by atoms with Gasteiger partial charge in [-0.2, -0.15) is 0 Å². The number of hydrogen-bond donors (Lipinski definition) is 2. The number of hydrogen-bond acceptors (Lipinski definition) is 4. The summed E-state index contributed by atoms with van der Waals surface area (Å²) >= 11 is 0. The third kappa shape index (κ3) is 4.08. The Morgan fingerprint density at radius 2 is 2.04 bits per heavy atom. The molecule has 2 amide bonds. The fourth-order valence-electron chi connectivity index (χ4n) is 4.64. The van der Waals surface area contributed by atoms with Gasteiger partial charge in [0.25, 0.3) is 0 Å². The number of carbonyl (C=O) groups excluding carboxylic acids is 1. The Hall–Kier alpha value is -1.34. The predicted octanol–water partition coefficient (Wildman–Crippen LogP) is 1.52. The van der Waals surface area contributed by atoms with Crippen LogP contribution in [0.4, 0.5) is 4.79 Å². The van der Waals surface area contributed by atoms with Crippen LogP contribution in [0.25, 0.3) is 0 Å². The lowest BCUT2D eigenvalue weighted by molar-refractivity contribution is -0.139. The number of likely N-dealkylation sites (tertiary alicyclic amines) is 1. The highest BCUT2D eigenvalue weighted by Crippen LogP contribution is 2.49. The average Bonchev–Trinajstić information content (AvgIpc) is 2.93. The molecule has 0 unspecified atom stereocenters. The van der Waals surface area contributed by atoms with Crippen LogP contribution in [-0.4, -0.2) is 77.9 Å². The third-order valence-electron chi connectivity index (χ3n) is 6.15. The highest BCUT2D eigenvalue weighted by atomic mass is 16.5. The quantitative estimate of drug-likeness (QED) is 0.725. The molecule has 2 N–H and O–H groups in total. The van der Waals surface area contributed by atoms with Gasteiger partial charge in [0.05, 0.1) is 12.6 Å². The minimum absolute atomic E-state index is 0.0430. The van der Waals surface area contributed by atoms with Crippen molar-refractivity contribution in [3.8, 4) is 0 Å². The van der Waals surface area contributed by atoms with Crippen molar-refractivity contribution >= 4 is 12.0 Å². The number of carboxylic acid groups (broad SMARTS) is 1. The van der Waals surface area contributed by atoms with Crippen LogP contribution in [0.5, 0.6) is 0 Å². The highest BCUT2D eigenvalue weighted by Gasteiger charge is 2.50. The van der Waals surface area contributed by atoms with Crippen LogP contribution < -0.4 is 5.32 Å². The second-order valence-corrected chi connectivity index (χ2v) is 7.89. The van der Waals surface area contributed by atoms with Gasteiger partial charge in [-0.25, -0.2) is 4.79 Å². The molecule has 3 aliphatic rings. The van der Waals surface area contributed by atoms with E-state index in [1.165, 1.54) is 0 Å². The molecule has 0 aromatic carbocycles. The number of nitrogens with one attached hydrogen (secondary N) is 1. The van der Waals surface area contributed by atoms with Gasteiger partial charge < -0.3 is 20.1 Å². The van der Waals surface area contributed by atoms with E-state index in [2.05, 4.69) is 5.32 Å². The van der Waals surface area contributed by atoms with Crippen molar-refractivity contribution in [3.05, 3.63) is 0 Å². The molecule has 1 spiro atoms. The molecule has 7 heteroatoms. The number of aliphatic carboxylic acids is 1. The largest absolute Gasteiger partial charge is 0.480 e. The van der Waals surface area contributed by atoms with E-state index in [4.69, 9.17) is 9.84 Å². The Balaban J connectivity index is 1.38. The van der Waals surface area contributed by atoms with E-state index in [0.717, 1.165) is 58.3 Å². The van der Waals surface area contributed by atoms with Crippen molar-refractivity contribution in [2.75, 3.05) is 32.8 Å². The number of rotatable bonds is 7. The van der Waals surface area contributed by atoms with Crippen LogP contribution in [0.1, 0.15) is 46.0 Å². The lowest BCUT2D eigenvalue weighted by Gasteiger charge is -2.45. The van der Waals surface area contributed by atoms with Crippen LogP contribution in [0.15, 0.2) is 0 Å². The molecule has 0 aromatic heterocycles. The van der Waals surface area contributed by atoms with Crippen LogP contribution >= 0.6 is 0 Å². The summed E-state index contributed by atoms with van der Waals surface area (Å²) in [6, 6.07) is 0.492. The van der Waals surface area contributed by atoms with Crippen molar-refractivity contribution in [1.82, 2.24) is 15.1 Å². The number of nitrogens with zero attached hydrogens (tertiary/aromatic N) is 2. The maximum Gasteiger partial charge on any atom is 0.317 e. The molecule has 1 aliphatic heterocycles. The maximum atomic E-state index is 12.5. The SMILES string of the molecule is CCOC1CC2(CCN(C(=O)NC3CC(N(CC)CC(=O)O)C3)C2)C1. The van der Waals surface area contributed by atoms with Gasteiger partial charge in [0.2, 0.25) is 0 Å². The first-order chi connectivity index (χ1) is 11.9. The predicted molar refractivity (Wildman–Crippen MR) is 93.5 cm³/mol. The molecular weight excluding hydrogens is 322 g/mol. The van der Waals surface area contributed by atoms with E-state index < -0.39 is 5.97 Å². The zero-order chi connectivity index (χ0) is 18.0. The summed E-state index contributed by atoms with van der Waals surface area (Å²) in [5, 5.41) is 12.1. The topological polar surface area (TPSA) is 82.1 Å². The van der Waals surface area contributed by atoms with Crippen LogP contribution in [0.2, 0.25) is 0 Å². The Labute approximate surface area is 149 Å². The number of carboxylic acids is 1. The fourth-order valence-corrected chi connectivity index (χ4v) is 4.64. The Morgan fingerprint density at radius 1 is 1.32 bits per heavy atom. The molecule has 7 nitrogen and oxygen atoms in total. The van der Waals surface area contributed by atoms with Crippen molar-refractivity contribution in [2.24, 2.45) is 5.41 Å². The summed E-state index contributed by atoms with van der Waals surface area (Å²) in [5.41, 5.74) is 0.291. The van der Waals surface area contributed by atoms with Crippen molar-refractivity contribution < 1.29 is 19.4 Å². The second kappa shape index (κ2) is 7.50. The molecule has 1 heterocycles. The first-order valence-electron chi connectivity index (χ1n) is 9.57. The van der Waals surface area contributed by atoms with E-state index in [-0.39, 0.29) is 24.7 Å². The molecule has 3 rings (SSSR count). The van der Waals surface area contributed by atoms with Gasteiger partial charge in [0, 0.05) is 31.8 Å². The lowest BCUT2D eigenvalue weighted by Crippen LogP contribution is -2.57. The van der Waals surface area contributed by atoms with Crippen LogP contribution in [-0.2, 0) is 9.53 Å². The Kier molecular flexibility index (Phi) is 5.53. The summed E-state index contributed by atoms with van der Waals surface area (Å²) in [4.78, 5) is 27.3. The standard InChI is InChI=1S/C18H31N3O4/c1-3-20(11-16(22)23)14-7-13(8-14)19-17(24)21-6-5-18(12-21)9-15(10-18)25-4-2/h13-15H,3-12H2,1-2H3,(H,19,24)(H,22,23). The minimum atomic E-state index is -0.789. The molecule has 25 heavy (non-hydrogen) atoms. The van der Waals surface area contributed by atoms with Gasteiger partial charge in [0.15, 0.2) is 0 Å². The van der Waals surface area contributed by atoms with Crippen molar-refractivity contribution in [3.63, 3.8) is 0 Å². The number of urea groups is 1. The van der Waals surface area contributed by atoms with Gasteiger partial charge in [-0.3, -0.25) is 9.69 Å². The highest BCUT2D eigenvalue weighted by molar-refractivity contribution is 5.75. The first-order valence-corrected chi connectivity index (χ1v) is 9.57. The summed E-state index contributed by atoms with van der Waals surface area (Å²) < 4.78 is 5.66. The molecule has 142 valence electrons. The zero-order valence-electron chi connectivity index (χ0n) is 15.4. The van der Waals surface area contributed by atoms with Gasteiger partial charge in [-0.1, -0.05) is 6.92 Å². The minimum Gasteiger partial charge on any atom is -0.480 e. The van der Waals surface area contributed by atoms with Crippen molar-refractivity contribution in [2.45, 2.75) is 64.1 Å². The molecule has 3 fully saturated rings. The van der Waals surface area contributed by atoms with Gasteiger partial charge in [0.1, 0.15) is 0 Å². The van der Waals surface area contributed by atoms with Gasteiger partial charge in [-0.05, 0) is 51.0 Å². The van der Waals surface area contributed by atoms with E-state index in [1.807, 2.05) is 23.6 Å². The molecule has 2 saturated carbocycles. The Bertz CT molecular complexity index is 501. The Morgan fingerprint density at radius 3 is 2.64 bits per heavy atom. The van der Waals surface area contributed by atoms with E-state index in [1.54, 1.807) is 0 Å². The van der Waals surface area contributed by atoms with Crippen molar-refractivity contribution in [1.29, 1.82) is 0 Å². The number of amides is 2. The molecule has 2 aliphatic carbocycles. The summed E-state index contributed by atoms with van der Waals surface area (Å²) in [5.74, 6) is -0.789. The van der Waals surface area contributed by atoms with E-state index in [0.29, 0.717) is 11.5 Å². The smallest absolute Gasteiger partial charge is 0.317 e.